The predicted molar refractivity (Wildman–Crippen MR) is 95.9 cm³/mol. The van der Waals surface area contributed by atoms with Crippen LogP contribution in [0.25, 0.3) is 0 Å². The van der Waals surface area contributed by atoms with E-state index in [1.807, 2.05) is 6.92 Å². The van der Waals surface area contributed by atoms with Crippen LogP contribution in [0.15, 0.2) is 17.2 Å². The minimum Gasteiger partial charge on any atom is -0.270 e. The summed E-state index contributed by atoms with van der Waals surface area (Å²) in [6, 6.07) is 0.256. The van der Waals surface area contributed by atoms with Crippen molar-refractivity contribution in [3.63, 3.8) is 0 Å². The zero-order chi connectivity index (χ0) is 20.7. The molecule has 0 N–H and O–H groups in total. The van der Waals surface area contributed by atoms with Crippen LogP contribution in [0.1, 0.15) is 55.7 Å². The smallest absolute Gasteiger partial charge is 0.270 e. The van der Waals surface area contributed by atoms with Gasteiger partial charge in [0.2, 0.25) is 10.0 Å². The third-order valence-electron chi connectivity index (χ3n) is 5.20. The Morgan fingerprint density at radius 2 is 1.96 bits per heavy atom. The van der Waals surface area contributed by atoms with Gasteiger partial charge < -0.3 is 0 Å². The molecule has 2 aromatic heterocycles. The van der Waals surface area contributed by atoms with Crippen LogP contribution in [0, 0.1) is 6.92 Å². The minimum absolute atomic E-state index is 0.0967. The van der Waals surface area contributed by atoms with Crippen molar-refractivity contribution in [1.82, 2.24) is 23.9 Å². The van der Waals surface area contributed by atoms with Gasteiger partial charge in [-0.05, 0) is 32.8 Å². The van der Waals surface area contributed by atoms with E-state index in [9.17, 15) is 21.6 Å². The van der Waals surface area contributed by atoms with E-state index in [1.54, 1.807) is 11.6 Å². The van der Waals surface area contributed by atoms with Gasteiger partial charge in [0, 0.05) is 20.1 Å². The molecule has 156 valence electrons. The molecule has 28 heavy (non-hydrogen) atoms. The summed E-state index contributed by atoms with van der Waals surface area (Å²) in [5.74, 6) is 0. The maximum atomic E-state index is 13.4. The molecule has 3 heterocycles. The van der Waals surface area contributed by atoms with Crippen molar-refractivity contribution in [2.75, 3.05) is 6.54 Å². The van der Waals surface area contributed by atoms with E-state index < -0.39 is 27.9 Å². The second-order valence-corrected chi connectivity index (χ2v) is 8.83. The fourth-order valence-corrected chi connectivity index (χ4v) is 5.55. The first kappa shape index (κ1) is 20.8. The molecule has 1 atom stereocenters. The lowest BCUT2D eigenvalue weighted by atomic mass is 10.1. The Bertz CT molecular complexity index is 949. The zero-order valence-electron chi connectivity index (χ0n) is 16.1. The average molecular weight is 419 g/mol. The van der Waals surface area contributed by atoms with E-state index in [1.165, 1.54) is 17.5 Å². The molecule has 1 aliphatic heterocycles. The molecule has 0 bridgehead atoms. The highest BCUT2D eigenvalue weighted by Crippen LogP contribution is 2.37. The van der Waals surface area contributed by atoms with Gasteiger partial charge in [-0.2, -0.15) is 27.7 Å². The van der Waals surface area contributed by atoms with Gasteiger partial charge in [-0.1, -0.05) is 12.8 Å². The molecule has 0 radical (unpaired) electrons. The summed E-state index contributed by atoms with van der Waals surface area (Å²) < 4.78 is 70.2. The lowest BCUT2D eigenvalue weighted by Crippen LogP contribution is -2.36. The first-order valence-electron chi connectivity index (χ1n) is 9.22. The Hall–Kier alpha value is -1.88. The van der Waals surface area contributed by atoms with Crippen molar-refractivity contribution in [1.29, 1.82) is 0 Å². The molecule has 0 aliphatic carbocycles. The van der Waals surface area contributed by atoms with Crippen molar-refractivity contribution in [3.8, 4) is 0 Å². The van der Waals surface area contributed by atoms with E-state index in [2.05, 4.69) is 10.2 Å². The molecule has 11 heteroatoms. The van der Waals surface area contributed by atoms with E-state index in [0.717, 1.165) is 23.6 Å². The third-order valence-corrected chi connectivity index (χ3v) is 7.21. The van der Waals surface area contributed by atoms with Crippen LogP contribution in [-0.4, -0.2) is 38.8 Å². The van der Waals surface area contributed by atoms with Crippen LogP contribution in [0.5, 0.6) is 0 Å². The van der Waals surface area contributed by atoms with Crippen molar-refractivity contribution in [2.24, 2.45) is 7.05 Å². The molecular weight excluding hydrogens is 395 g/mol. The van der Waals surface area contributed by atoms with Gasteiger partial charge in [0.05, 0.1) is 23.6 Å². The topological polar surface area (TPSA) is 73.0 Å². The molecular formula is C17H24F3N5O2S. The number of halogens is 3. The Balaban J connectivity index is 2.07. The Morgan fingerprint density at radius 3 is 2.54 bits per heavy atom. The number of sulfonamides is 1. The summed E-state index contributed by atoms with van der Waals surface area (Å²) in [7, 11) is -2.50. The highest BCUT2D eigenvalue weighted by atomic mass is 32.2. The van der Waals surface area contributed by atoms with Crippen LogP contribution in [0.3, 0.4) is 0 Å². The fraction of sp³-hybridized carbons (Fsp3) is 0.647. The lowest BCUT2D eigenvalue weighted by Gasteiger charge is -2.29. The highest BCUT2D eigenvalue weighted by molar-refractivity contribution is 7.89. The maximum Gasteiger partial charge on any atom is 0.435 e. The van der Waals surface area contributed by atoms with Gasteiger partial charge in [-0.3, -0.25) is 9.36 Å². The normalized spacial score (nSPS) is 19.7. The summed E-state index contributed by atoms with van der Waals surface area (Å²) in [6.07, 6.45) is -0.613. The van der Waals surface area contributed by atoms with Gasteiger partial charge in [0.15, 0.2) is 5.69 Å². The minimum atomic E-state index is -4.58. The molecule has 7 nitrogen and oxygen atoms in total. The van der Waals surface area contributed by atoms with Crippen molar-refractivity contribution < 1.29 is 21.6 Å². The summed E-state index contributed by atoms with van der Waals surface area (Å²) in [5.41, 5.74) is -0.244. The first-order chi connectivity index (χ1) is 13.1. The number of nitrogens with zero attached hydrogens (tertiary/aromatic N) is 5. The monoisotopic (exact) mass is 419 g/mol. The molecule has 0 amide bonds. The van der Waals surface area contributed by atoms with Gasteiger partial charge in [-0.15, -0.1) is 0 Å². The van der Waals surface area contributed by atoms with Crippen molar-refractivity contribution in [2.45, 2.75) is 63.2 Å². The largest absolute Gasteiger partial charge is 0.435 e. The van der Waals surface area contributed by atoms with Crippen LogP contribution in [-0.2, 0) is 29.8 Å². The van der Waals surface area contributed by atoms with Crippen molar-refractivity contribution in [3.05, 3.63) is 29.3 Å². The number of rotatable bonds is 4. The number of hydrogen-bond acceptors (Lipinski definition) is 4. The predicted octanol–water partition coefficient (Wildman–Crippen LogP) is 3.27. The van der Waals surface area contributed by atoms with E-state index in [4.69, 9.17) is 0 Å². The molecule has 0 spiro atoms. The maximum absolute atomic E-state index is 13.4. The fourth-order valence-electron chi connectivity index (χ4n) is 3.72. The summed E-state index contributed by atoms with van der Waals surface area (Å²) in [6.45, 7) is 4.32. The molecule has 1 aliphatic rings. The van der Waals surface area contributed by atoms with Crippen molar-refractivity contribution >= 4 is 10.0 Å². The molecule has 0 aromatic carbocycles. The summed E-state index contributed by atoms with van der Waals surface area (Å²) in [4.78, 5) is 0.0967. The zero-order valence-corrected chi connectivity index (χ0v) is 16.9. The molecule has 2 aromatic rings. The summed E-state index contributed by atoms with van der Waals surface area (Å²) >= 11 is 0. The van der Waals surface area contributed by atoms with Gasteiger partial charge >= 0.3 is 6.18 Å². The molecule has 1 unspecified atom stereocenters. The molecule has 1 saturated heterocycles. The molecule has 1 fully saturated rings. The van der Waals surface area contributed by atoms with Gasteiger partial charge in [0.1, 0.15) is 4.90 Å². The second-order valence-electron chi connectivity index (χ2n) is 6.97. The Kier molecular flexibility index (Phi) is 5.59. The van der Waals surface area contributed by atoms with Crippen LogP contribution < -0.4 is 0 Å². The first-order valence-corrected chi connectivity index (χ1v) is 10.7. The van der Waals surface area contributed by atoms with Gasteiger partial charge in [0.25, 0.3) is 0 Å². The second kappa shape index (κ2) is 7.51. The highest BCUT2D eigenvalue weighted by Gasteiger charge is 2.40. The Morgan fingerprint density at radius 1 is 1.25 bits per heavy atom. The number of hydrogen-bond donors (Lipinski definition) is 0. The lowest BCUT2D eigenvalue weighted by molar-refractivity contribution is -0.141. The standard InChI is InChI=1S/C17H24F3N5O2S/c1-4-24-12(2)15(11-21-24)28(26,27)25-9-7-5-6-8-13(25)14-10-16(17(18,19)20)22-23(14)3/h10-11,13H,4-9H2,1-3H3. The average Bonchev–Trinajstić information content (AvgIpc) is 3.08. The Labute approximate surface area is 162 Å². The quantitative estimate of drug-likeness (QED) is 0.763. The molecule has 3 rings (SSSR count). The van der Waals surface area contributed by atoms with Crippen LogP contribution >= 0.6 is 0 Å². The van der Waals surface area contributed by atoms with E-state index in [0.29, 0.717) is 25.1 Å². The van der Waals surface area contributed by atoms with E-state index in [-0.39, 0.29) is 17.1 Å². The SMILES string of the molecule is CCn1ncc(S(=O)(=O)N2CCCCCC2c2cc(C(F)(F)F)nn2C)c1C. The molecule has 0 saturated carbocycles. The third kappa shape index (κ3) is 3.69. The number of aryl methyl sites for hydroxylation is 2. The van der Waals surface area contributed by atoms with E-state index >= 15 is 0 Å². The summed E-state index contributed by atoms with van der Waals surface area (Å²) in [5, 5.41) is 7.68. The van der Waals surface area contributed by atoms with Crippen LogP contribution in [0.4, 0.5) is 13.2 Å². The van der Waals surface area contributed by atoms with Crippen LogP contribution in [0.2, 0.25) is 0 Å². The number of alkyl halides is 3. The van der Waals surface area contributed by atoms with Gasteiger partial charge in [-0.25, -0.2) is 8.42 Å². The number of aromatic nitrogens is 4.